The third-order valence-corrected chi connectivity index (χ3v) is 6.33. The molecule has 1 aliphatic carbocycles. The van der Waals surface area contributed by atoms with Crippen LogP contribution in [0.15, 0.2) is 39.9 Å². The number of thiophene rings is 1. The second-order valence-electron chi connectivity index (χ2n) is 7.31. The highest BCUT2D eigenvalue weighted by Crippen LogP contribution is 2.41. The van der Waals surface area contributed by atoms with Crippen molar-refractivity contribution in [1.82, 2.24) is 9.13 Å². The predicted octanol–water partition coefficient (Wildman–Crippen LogP) is 3.50. The summed E-state index contributed by atoms with van der Waals surface area (Å²) in [6.07, 6.45) is 2.15. The maximum absolute atomic E-state index is 12.6. The van der Waals surface area contributed by atoms with Gasteiger partial charge in [-0.2, -0.15) is 0 Å². The first-order chi connectivity index (χ1) is 12.0. The van der Waals surface area contributed by atoms with E-state index < -0.39 is 0 Å². The number of hydrogen-bond acceptors (Lipinski definition) is 3. The van der Waals surface area contributed by atoms with Crippen LogP contribution in [0.1, 0.15) is 42.2 Å². The largest absolute Gasteiger partial charge is 0.331 e. The van der Waals surface area contributed by atoms with Gasteiger partial charge in [0.05, 0.1) is 5.39 Å². The first-order valence-corrected chi connectivity index (χ1v) is 9.60. The van der Waals surface area contributed by atoms with Crippen LogP contribution in [-0.4, -0.2) is 9.13 Å². The van der Waals surface area contributed by atoms with Gasteiger partial charge in [0.2, 0.25) is 0 Å². The zero-order chi connectivity index (χ0) is 17.7. The molecule has 0 N–H and O–H groups in total. The third-order valence-electron chi connectivity index (χ3n) is 5.05. The van der Waals surface area contributed by atoms with Gasteiger partial charge in [-0.3, -0.25) is 13.9 Å². The number of aromatic nitrogens is 2. The van der Waals surface area contributed by atoms with Crippen LogP contribution in [0.2, 0.25) is 0 Å². The summed E-state index contributed by atoms with van der Waals surface area (Å²) in [5.41, 5.74) is 2.36. The van der Waals surface area contributed by atoms with Gasteiger partial charge in [0, 0.05) is 24.4 Å². The van der Waals surface area contributed by atoms with Crippen LogP contribution in [0.3, 0.4) is 0 Å². The molecule has 3 aromatic rings. The van der Waals surface area contributed by atoms with Crippen molar-refractivity contribution >= 4 is 21.6 Å². The Bertz CT molecular complexity index is 1070. The average Bonchev–Trinajstić information content (AvgIpc) is 3.20. The van der Waals surface area contributed by atoms with E-state index in [1.54, 1.807) is 23.0 Å². The van der Waals surface area contributed by atoms with E-state index in [1.165, 1.54) is 20.6 Å². The summed E-state index contributed by atoms with van der Waals surface area (Å²) < 4.78 is 3.01. The van der Waals surface area contributed by atoms with Crippen molar-refractivity contribution in [1.29, 1.82) is 0 Å². The number of hydrogen-bond donors (Lipinski definition) is 0. The molecule has 0 radical (unpaired) electrons. The number of aryl methyl sites for hydroxylation is 1. The van der Waals surface area contributed by atoms with Gasteiger partial charge in [0.15, 0.2) is 0 Å². The third kappa shape index (κ3) is 2.58. The van der Waals surface area contributed by atoms with Crippen LogP contribution in [0.4, 0.5) is 0 Å². The summed E-state index contributed by atoms with van der Waals surface area (Å²) in [5, 5.41) is 0.673. The van der Waals surface area contributed by atoms with E-state index in [2.05, 4.69) is 38.1 Å². The molecule has 5 heteroatoms. The minimum Gasteiger partial charge on any atom is -0.284 e. The number of benzene rings is 1. The molecular formula is C20H22N2O2S. The summed E-state index contributed by atoms with van der Waals surface area (Å²) >= 11 is 1.61. The zero-order valence-corrected chi connectivity index (χ0v) is 15.6. The molecule has 25 heavy (non-hydrogen) atoms. The molecule has 4 nitrogen and oxygen atoms in total. The molecule has 0 aliphatic heterocycles. The summed E-state index contributed by atoms with van der Waals surface area (Å²) in [6.45, 7) is 4.81. The molecular weight excluding hydrogens is 332 g/mol. The van der Waals surface area contributed by atoms with Crippen LogP contribution in [0.25, 0.3) is 10.2 Å². The lowest BCUT2D eigenvalue weighted by Gasteiger charge is -2.11. The molecule has 0 saturated carbocycles. The number of fused-ring (bicyclic) bond motifs is 2. The van der Waals surface area contributed by atoms with Gasteiger partial charge in [-0.15, -0.1) is 11.3 Å². The van der Waals surface area contributed by atoms with Crippen molar-refractivity contribution in [3.05, 3.63) is 67.2 Å². The van der Waals surface area contributed by atoms with Gasteiger partial charge in [-0.05, 0) is 36.0 Å². The molecule has 0 spiro atoms. The van der Waals surface area contributed by atoms with E-state index in [4.69, 9.17) is 0 Å². The lowest BCUT2D eigenvalue weighted by Crippen LogP contribution is -2.38. The minimum atomic E-state index is -0.216. The van der Waals surface area contributed by atoms with E-state index in [-0.39, 0.29) is 11.2 Å². The molecule has 0 bridgehead atoms. The van der Waals surface area contributed by atoms with Crippen LogP contribution < -0.4 is 11.2 Å². The number of nitrogens with zero attached hydrogens (tertiary/aromatic N) is 2. The van der Waals surface area contributed by atoms with Crippen molar-refractivity contribution < 1.29 is 0 Å². The Kier molecular flexibility index (Phi) is 3.91. The Morgan fingerprint density at radius 1 is 1.24 bits per heavy atom. The molecule has 0 saturated heterocycles. The summed E-state index contributed by atoms with van der Waals surface area (Å²) in [4.78, 5) is 27.2. The van der Waals surface area contributed by atoms with Crippen molar-refractivity contribution in [2.75, 3.05) is 0 Å². The maximum Gasteiger partial charge on any atom is 0.331 e. The normalized spacial score (nSPS) is 16.7. The average molecular weight is 354 g/mol. The fourth-order valence-electron chi connectivity index (χ4n) is 3.84. The Hall–Kier alpha value is -2.14. The molecule has 1 aromatic carbocycles. The van der Waals surface area contributed by atoms with Gasteiger partial charge >= 0.3 is 5.69 Å². The summed E-state index contributed by atoms with van der Waals surface area (Å²) in [6, 6.07) is 10.6. The quantitative estimate of drug-likeness (QED) is 0.723. The zero-order valence-electron chi connectivity index (χ0n) is 14.8. The second-order valence-corrected chi connectivity index (χ2v) is 8.37. The highest BCUT2D eigenvalue weighted by molar-refractivity contribution is 7.18. The fraction of sp³-hybridized carbons (Fsp3) is 0.400. The lowest BCUT2D eigenvalue weighted by molar-refractivity contribution is 0.504. The maximum atomic E-state index is 12.6. The highest BCUT2D eigenvalue weighted by atomic mass is 32.1. The molecule has 1 atom stereocenters. The Morgan fingerprint density at radius 2 is 2.00 bits per heavy atom. The molecule has 130 valence electrons. The first kappa shape index (κ1) is 16.3. The molecule has 0 amide bonds. The van der Waals surface area contributed by atoms with Gasteiger partial charge in [0.1, 0.15) is 4.83 Å². The van der Waals surface area contributed by atoms with Crippen molar-refractivity contribution in [2.45, 2.75) is 39.2 Å². The predicted molar refractivity (Wildman–Crippen MR) is 103 cm³/mol. The SMILES string of the molecule is CC(C)Cn1c(=O)n(C)c(=O)c2cc(C3CCc4ccccc43)sc21. The molecule has 1 unspecified atom stereocenters. The van der Waals surface area contributed by atoms with Crippen molar-refractivity contribution in [3.8, 4) is 0 Å². The summed E-state index contributed by atoms with van der Waals surface area (Å²) in [5.74, 6) is 0.678. The van der Waals surface area contributed by atoms with Crippen LogP contribution >= 0.6 is 11.3 Å². The van der Waals surface area contributed by atoms with Crippen LogP contribution in [-0.2, 0) is 20.0 Å². The minimum absolute atomic E-state index is 0.186. The Balaban J connectivity index is 1.93. The van der Waals surface area contributed by atoms with Crippen LogP contribution in [0, 0.1) is 5.92 Å². The smallest absolute Gasteiger partial charge is 0.284 e. The van der Waals surface area contributed by atoms with E-state index in [0.29, 0.717) is 23.8 Å². The van der Waals surface area contributed by atoms with E-state index in [1.807, 2.05) is 6.07 Å². The molecule has 2 aromatic heterocycles. The monoisotopic (exact) mass is 354 g/mol. The van der Waals surface area contributed by atoms with Gasteiger partial charge < -0.3 is 0 Å². The number of rotatable bonds is 3. The molecule has 4 rings (SSSR count). The Labute approximate surface area is 150 Å². The standard InChI is InChI=1S/C20H22N2O2S/c1-12(2)11-22-19-16(18(23)21(3)20(22)24)10-17(25-19)15-9-8-13-6-4-5-7-14(13)15/h4-7,10,12,15H,8-9,11H2,1-3H3. The molecule has 0 fully saturated rings. The lowest BCUT2D eigenvalue weighted by atomic mass is 9.99. The topological polar surface area (TPSA) is 44.0 Å². The van der Waals surface area contributed by atoms with Gasteiger partial charge in [-0.1, -0.05) is 38.1 Å². The molecule has 1 aliphatic rings. The van der Waals surface area contributed by atoms with Crippen LogP contribution in [0.5, 0.6) is 0 Å². The van der Waals surface area contributed by atoms with Gasteiger partial charge in [-0.25, -0.2) is 4.79 Å². The summed E-state index contributed by atoms with van der Waals surface area (Å²) in [7, 11) is 1.57. The van der Waals surface area contributed by atoms with Crippen molar-refractivity contribution in [2.24, 2.45) is 13.0 Å². The molecule has 2 heterocycles. The van der Waals surface area contributed by atoms with E-state index in [9.17, 15) is 9.59 Å². The second kappa shape index (κ2) is 5.99. The fourth-order valence-corrected chi connectivity index (χ4v) is 5.15. The first-order valence-electron chi connectivity index (χ1n) is 8.78. The van der Waals surface area contributed by atoms with E-state index >= 15 is 0 Å². The van der Waals surface area contributed by atoms with E-state index in [0.717, 1.165) is 17.7 Å². The van der Waals surface area contributed by atoms with Crippen molar-refractivity contribution in [3.63, 3.8) is 0 Å². The Morgan fingerprint density at radius 3 is 2.76 bits per heavy atom. The highest BCUT2D eigenvalue weighted by Gasteiger charge is 2.26. The van der Waals surface area contributed by atoms with Gasteiger partial charge in [0.25, 0.3) is 5.56 Å².